The minimum absolute atomic E-state index is 0.0965. The lowest BCUT2D eigenvalue weighted by molar-refractivity contribution is -0.142. The minimum Gasteiger partial charge on any atom is -0.481 e. The van der Waals surface area contributed by atoms with Crippen molar-refractivity contribution < 1.29 is 20.1 Å². The van der Waals surface area contributed by atoms with E-state index < -0.39 is 11.6 Å². The van der Waals surface area contributed by atoms with E-state index in [0.29, 0.717) is 6.54 Å². The molecule has 0 aliphatic carbocycles. The van der Waals surface area contributed by atoms with Gasteiger partial charge in [0.25, 0.3) is 0 Å². The van der Waals surface area contributed by atoms with Crippen LogP contribution in [0.1, 0.15) is 19.8 Å². The van der Waals surface area contributed by atoms with Crippen molar-refractivity contribution in [3.05, 3.63) is 12.7 Å². The number of hydrogen-bond donors (Lipinski definition) is 4. The van der Waals surface area contributed by atoms with E-state index in [-0.39, 0.29) is 19.4 Å². The number of aliphatic carboxylic acids is 1. The molecule has 0 aliphatic rings. The van der Waals surface area contributed by atoms with Crippen molar-refractivity contribution in [1.29, 1.82) is 0 Å². The molecule has 0 aliphatic heterocycles. The summed E-state index contributed by atoms with van der Waals surface area (Å²) >= 11 is 0. The highest BCUT2D eigenvalue weighted by Gasteiger charge is 2.22. The molecular formula is C9H19NO4. The smallest absolute Gasteiger partial charge is 0.306 e. The van der Waals surface area contributed by atoms with Crippen LogP contribution in [-0.4, -0.2) is 40.0 Å². The summed E-state index contributed by atoms with van der Waals surface area (Å²) in [5.74, 6) is -1.06. The van der Waals surface area contributed by atoms with Crippen LogP contribution in [0.5, 0.6) is 0 Å². The van der Waals surface area contributed by atoms with Crippen LogP contribution in [0.4, 0.5) is 0 Å². The third-order valence-corrected chi connectivity index (χ3v) is 1.35. The number of rotatable bonds is 5. The second-order valence-electron chi connectivity index (χ2n) is 3.07. The van der Waals surface area contributed by atoms with Gasteiger partial charge in [0, 0.05) is 13.2 Å². The van der Waals surface area contributed by atoms with Gasteiger partial charge in [-0.1, -0.05) is 6.08 Å². The zero-order valence-electron chi connectivity index (χ0n) is 8.44. The summed E-state index contributed by atoms with van der Waals surface area (Å²) in [4.78, 5) is 10.0. The maximum absolute atomic E-state index is 10.0. The van der Waals surface area contributed by atoms with Gasteiger partial charge in [-0.3, -0.25) is 4.79 Å². The lowest BCUT2D eigenvalue weighted by Crippen LogP contribution is -2.28. The number of nitrogens with two attached hydrogens (primary N) is 1. The Hall–Kier alpha value is -0.910. The summed E-state index contributed by atoms with van der Waals surface area (Å²) in [6.45, 7) is 5.13. The molecule has 0 aromatic carbocycles. The van der Waals surface area contributed by atoms with E-state index in [9.17, 15) is 4.79 Å². The molecule has 5 nitrogen and oxygen atoms in total. The molecule has 14 heavy (non-hydrogen) atoms. The zero-order valence-corrected chi connectivity index (χ0v) is 8.44. The first-order valence-electron chi connectivity index (χ1n) is 4.25. The van der Waals surface area contributed by atoms with Crippen LogP contribution in [0.25, 0.3) is 0 Å². The lowest BCUT2D eigenvalue weighted by Gasteiger charge is -2.18. The molecule has 0 rings (SSSR count). The maximum atomic E-state index is 10.0. The Morgan fingerprint density at radius 2 is 2.07 bits per heavy atom. The third-order valence-electron chi connectivity index (χ3n) is 1.35. The molecule has 1 unspecified atom stereocenters. The highest BCUT2D eigenvalue weighted by Crippen LogP contribution is 2.12. The summed E-state index contributed by atoms with van der Waals surface area (Å²) in [7, 11) is 0. The van der Waals surface area contributed by atoms with E-state index in [1.54, 1.807) is 6.08 Å². The van der Waals surface area contributed by atoms with Gasteiger partial charge in [0.1, 0.15) is 0 Å². The predicted molar refractivity (Wildman–Crippen MR) is 53.8 cm³/mol. The summed E-state index contributed by atoms with van der Waals surface area (Å²) in [6, 6.07) is 0. The Kier molecular flexibility index (Phi) is 9.64. The van der Waals surface area contributed by atoms with Crippen molar-refractivity contribution in [2.24, 2.45) is 5.73 Å². The molecule has 0 radical (unpaired) electrons. The normalized spacial score (nSPS) is 13.4. The number of carbonyl (C=O) groups is 1. The molecule has 0 bridgehead atoms. The quantitative estimate of drug-likeness (QED) is 0.462. The fourth-order valence-electron chi connectivity index (χ4n) is 0.655. The largest absolute Gasteiger partial charge is 0.481 e. The van der Waals surface area contributed by atoms with E-state index in [1.807, 2.05) is 0 Å². The fraction of sp³-hybridized carbons (Fsp3) is 0.667. The highest BCUT2D eigenvalue weighted by atomic mass is 16.4. The van der Waals surface area contributed by atoms with Gasteiger partial charge < -0.3 is 21.1 Å². The Labute approximate surface area is 83.9 Å². The average molecular weight is 205 g/mol. The van der Waals surface area contributed by atoms with Gasteiger partial charge in [-0.15, -0.1) is 6.58 Å². The van der Waals surface area contributed by atoms with Crippen molar-refractivity contribution in [3.63, 3.8) is 0 Å². The van der Waals surface area contributed by atoms with Crippen LogP contribution in [0, 0.1) is 0 Å². The van der Waals surface area contributed by atoms with Gasteiger partial charge in [-0.05, 0) is 13.3 Å². The maximum Gasteiger partial charge on any atom is 0.306 e. The van der Waals surface area contributed by atoms with Crippen LogP contribution < -0.4 is 5.73 Å². The number of aliphatic hydroxyl groups excluding tert-OH is 1. The highest BCUT2D eigenvalue weighted by molar-refractivity contribution is 5.67. The molecule has 5 N–H and O–H groups in total. The first kappa shape index (κ1) is 15.6. The van der Waals surface area contributed by atoms with Gasteiger partial charge in [-0.2, -0.15) is 0 Å². The number of carboxylic acids is 1. The molecule has 0 aromatic heterocycles. The van der Waals surface area contributed by atoms with Crippen molar-refractivity contribution in [1.82, 2.24) is 0 Å². The molecule has 0 fully saturated rings. The Bertz CT molecular complexity index is 168. The van der Waals surface area contributed by atoms with E-state index in [4.69, 9.17) is 21.1 Å². The summed E-state index contributed by atoms with van der Waals surface area (Å²) in [5, 5.41) is 25.7. The molecule has 0 saturated heterocycles. The number of carboxylic acid groups (broad SMARTS) is 1. The topological polar surface area (TPSA) is 104 Å². The van der Waals surface area contributed by atoms with Crippen LogP contribution in [0.2, 0.25) is 0 Å². The summed E-state index contributed by atoms with van der Waals surface area (Å²) in [6.07, 6.45) is 1.42. The van der Waals surface area contributed by atoms with Gasteiger partial charge in [0.05, 0.1) is 12.0 Å². The SMILES string of the molecule is C=CCN.CC(O)(CCO)CC(=O)O. The number of aliphatic hydroxyl groups is 2. The van der Waals surface area contributed by atoms with Gasteiger partial charge in [0.15, 0.2) is 0 Å². The fourth-order valence-corrected chi connectivity index (χ4v) is 0.655. The van der Waals surface area contributed by atoms with E-state index in [1.165, 1.54) is 6.92 Å². The molecular weight excluding hydrogens is 186 g/mol. The molecule has 5 heteroatoms. The Morgan fingerprint density at radius 1 is 1.64 bits per heavy atom. The molecule has 0 spiro atoms. The first-order chi connectivity index (χ1) is 6.39. The third kappa shape index (κ3) is 13.7. The van der Waals surface area contributed by atoms with Crippen molar-refractivity contribution in [3.8, 4) is 0 Å². The van der Waals surface area contributed by atoms with Gasteiger partial charge in [0.2, 0.25) is 0 Å². The second-order valence-corrected chi connectivity index (χ2v) is 3.07. The molecule has 84 valence electrons. The van der Waals surface area contributed by atoms with Crippen molar-refractivity contribution >= 4 is 5.97 Å². The van der Waals surface area contributed by atoms with Crippen molar-refractivity contribution in [2.45, 2.75) is 25.4 Å². The Balaban J connectivity index is 0. The molecule has 0 amide bonds. The van der Waals surface area contributed by atoms with Gasteiger partial charge in [-0.25, -0.2) is 0 Å². The Morgan fingerprint density at radius 3 is 2.29 bits per heavy atom. The zero-order chi connectivity index (χ0) is 11.6. The van der Waals surface area contributed by atoms with E-state index >= 15 is 0 Å². The molecule has 0 heterocycles. The van der Waals surface area contributed by atoms with Crippen molar-refractivity contribution in [2.75, 3.05) is 13.2 Å². The first-order valence-corrected chi connectivity index (χ1v) is 4.25. The monoisotopic (exact) mass is 205 g/mol. The van der Waals surface area contributed by atoms with Gasteiger partial charge >= 0.3 is 5.97 Å². The molecule has 0 aromatic rings. The lowest BCUT2D eigenvalue weighted by atomic mass is 9.99. The average Bonchev–Trinajstić information content (AvgIpc) is 2.02. The van der Waals surface area contributed by atoms with E-state index in [2.05, 4.69) is 6.58 Å². The van der Waals surface area contributed by atoms with Crippen LogP contribution in [0.15, 0.2) is 12.7 Å². The predicted octanol–water partition coefficient (Wildman–Crippen LogP) is -0.274. The molecule has 1 atom stereocenters. The standard InChI is InChI=1S/C6H12O4.C3H7N/c1-6(10,2-3-7)4-5(8)9;1-2-3-4/h7,10H,2-4H2,1H3,(H,8,9);2H,1,3-4H2. The summed E-state index contributed by atoms with van der Waals surface area (Å²) in [5.41, 5.74) is 3.63. The van der Waals surface area contributed by atoms with E-state index in [0.717, 1.165) is 0 Å². The molecule has 0 saturated carbocycles. The summed E-state index contributed by atoms with van der Waals surface area (Å²) < 4.78 is 0. The van der Waals surface area contributed by atoms with Crippen LogP contribution in [-0.2, 0) is 4.79 Å². The second kappa shape index (κ2) is 8.68. The number of hydrogen-bond acceptors (Lipinski definition) is 4. The van der Waals surface area contributed by atoms with Crippen LogP contribution in [0.3, 0.4) is 0 Å². The van der Waals surface area contributed by atoms with Crippen LogP contribution >= 0.6 is 0 Å². The minimum atomic E-state index is -1.28.